The lowest BCUT2D eigenvalue weighted by atomic mass is 10.1. The number of nitrogens with one attached hydrogen (secondary N) is 1. The molecule has 0 saturated carbocycles. The van der Waals surface area contributed by atoms with Crippen LogP contribution in [0.4, 0.5) is 5.82 Å². The van der Waals surface area contributed by atoms with Gasteiger partial charge in [-0.1, -0.05) is 30.3 Å². The predicted octanol–water partition coefficient (Wildman–Crippen LogP) is 2.76. The van der Waals surface area contributed by atoms with Crippen molar-refractivity contribution in [2.75, 3.05) is 0 Å². The molecule has 0 spiro atoms. The third-order valence-corrected chi connectivity index (χ3v) is 3.61. The minimum Gasteiger partial charge on any atom is -0.358 e. The average molecular weight is 316 g/mol. The molecule has 122 valence electrons. The van der Waals surface area contributed by atoms with Crippen molar-refractivity contribution in [1.29, 1.82) is 0 Å². The Morgan fingerprint density at radius 3 is 2.70 bits per heavy atom. The lowest BCUT2D eigenvalue weighted by Crippen LogP contribution is -2.26. The van der Waals surface area contributed by atoms with Crippen molar-refractivity contribution < 1.29 is 9.72 Å². The fraction of sp³-hybridized carbons (Fsp3) is 0.375. The van der Waals surface area contributed by atoms with Gasteiger partial charge in [-0.25, -0.2) is 0 Å². The van der Waals surface area contributed by atoms with Gasteiger partial charge in [-0.3, -0.25) is 4.79 Å². The van der Waals surface area contributed by atoms with E-state index in [2.05, 4.69) is 10.4 Å². The van der Waals surface area contributed by atoms with E-state index in [1.165, 1.54) is 6.07 Å². The highest BCUT2D eigenvalue weighted by Gasteiger charge is 2.15. The molecule has 2 aromatic rings. The van der Waals surface area contributed by atoms with Gasteiger partial charge >= 0.3 is 5.82 Å². The highest BCUT2D eigenvalue weighted by Crippen LogP contribution is 2.13. The van der Waals surface area contributed by atoms with Crippen molar-refractivity contribution in [3.63, 3.8) is 0 Å². The molecular formula is C16H20N4O3. The molecule has 1 atom stereocenters. The van der Waals surface area contributed by atoms with Crippen molar-refractivity contribution in [2.45, 2.75) is 39.3 Å². The molecule has 1 aromatic heterocycles. The minimum absolute atomic E-state index is 0.0411. The summed E-state index contributed by atoms with van der Waals surface area (Å²) in [5.74, 6) is -0.203. The average Bonchev–Trinajstić information content (AvgIpc) is 2.89. The zero-order chi connectivity index (χ0) is 16.8. The summed E-state index contributed by atoms with van der Waals surface area (Å²) in [7, 11) is 0. The number of amides is 1. The van der Waals surface area contributed by atoms with Crippen LogP contribution >= 0.6 is 0 Å². The molecule has 7 heteroatoms. The Labute approximate surface area is 134 Å². The van der Waals surface area contributed by atoms with Crippen LogP contribution in [0.2, 0.25) is 0 Å². The minimum atomic E-state index is -0.516. The Morgan fingerprint density at radius 1 is 1.39 bits per heavy atom. The van der Waals surface area contributed by atoms with E-state index < -0.39 is 4.92 Å². The number of aromatic nitrogens is 2. The van der Waals surface area contributed by atoms with Gasteiger partial charge in [0, 0.05) is 6.42 Å². The molecule has 0 aliphatic rings. The molecule has 7 nitrogen and oxygen atoms in total. The Morgan fingerprint density at radius 2 is 2.09 bits per heavy atom. The topological polar surface area (TPSA) is 90.1 Å². The molecule has 0 radical (unpaired) electrons. The number of carbonyl (C=O) groups excluding carboxylic acids is 1. The maximum Gasteiger partial charge on any atom is 0.390 e. The second kappa shape index (κ2) is 7.53. The van der Waals surface area contributed by atoms with Gasteiger partial charge in [0.15, 0.2) is 0 Å². The van der Waals surface area contributed by atoms with E-state index in [9.17, 15) is 14.9 Å². The normalized spacial score (nSPS) is 11.9. The molecule has 1 N–H and O–H groups in total. The van der Waals surface area contributed by atoms with Crippen molar-refractivity contribution in [3.8, 4) is 0 Å². The second-order valence-electron chi connectivity index (χ2n) is 5.43. The van der Waals surface area contributed by atoms with Crippen LogP contribution in [0.15, 0.2) is 36.4 Å². The van der Waals surface area contributed by atoms with Crippen molar-refractivity contribution >= 4 is 11.7 Å². The van der Waals surface area contributed by atoms with Crippen LogP contribution < -0.4 is 5.32 Å². The van der Waals surface area contributed by atoms with Crippen LogP contribution in [-0.2, 0) is 11.3 Å². The van der Waals surface area contributed by atoms with E-state index in [-0.39, 0.29) is 17.8 Å². The van der Waals surface area contributed by atoms with Gasteiger partial charge in [-0.2, -0.15) is 4.68 Å². The quantitative estimate of drug-likeness (QED) is 0.628. The maximum atomic E-state index is 12.0. The largest absolute Gasteiger partial charge is 0.390 e. The summed E-state index contributed by atoms with van der Waals surface area (Å²) in [6.07, 6.45) is 0.928. The standard InChI is InChI=1S/C16H20N4O3/c1-12-11-15(20(22)23)18-19(12)10-6-9-16(21)17-13(2)14-7-4-3-5-8-14/h3-5,7-8,11,13H,6,9-10H2,1-2H3,(H,17,21)/t13-/m0/s1. The van der Waals surface area contributed by atoms with E-state index in [1.807, 2.05) is 37.3 Å². The summed E-state index contributed by atoms with van der Waals surface area (Å²) in [4.78, 5) is 22.1. The third kappa shape index (κ3) is 4.64. The van der Waals surface area contributed by atoms with Crippen molar-refractivity contribution in [3.05, 3.63) is 57.8 Å². The fourth-order valence-electron chi connectivity index (χ4n) is 2.34. The lowest BCUT2D eigenvalue weighted by molar-refractivity contribution is -0.389. The lowest BCUT2D eigenvalue weighted by Gasteiger charge is -2.14. The smallest absolute Gasteiger partial charge is 0.358 e. The van der Waals surface area contributed by atoms with Crippen LogP contribution in [0, 0.1) is 17.0 Å². The van der Waals surface area contributed by atoms with Gasteiger partial charge in [0.05, 0.1) is 29.4 Å². The molecule has 23 heavy (non-hydrogen) atoms. The van der Waals surface area contributed by atoms with Gasteiger partial charge in [0.25, 0.3) is 0 Å². The van der Waals surface area contributed by atoms with Gasteiger partial charge < -0.3 is 15.4 Å². The number of carbonyl (C=O) groups is 1. The predicted molar refractivity (Wildman–Crippen MR) is 85.9 cm³/mol. The summed E-state index contributed by atoms with van der Waals surface area (Å²) in [6.45, 7) is 4.18. The molecule has 0 saturated heterocycles. The van der Waals surface area contributed by atoms with Gasteiger partial charge in [0.1, 0.15) is 0 Å². The molecule has 2 rings (SSSR count). The van der Waals surface area contributed by atoms with Crippen molar-refractivity contribution in [2.24, 2.45) is 0 Å². The highest BCUT2D eigenvalue weighted by atomic mass is 16.6. The first-order valence-electron chi connectivity index (χ1n) is 7.50. The molecule has 0 aliphatic carbocycles. The molecule has 0 fully saturated rings. The molecule has 0 bridgehead atoms. The second-order valence-corrected chi connectivity index (χ2v) is 5.43. The number of nitro groups is 1. The van der Waals surface area contributed by atoms with Crippen LogP contribution in [0.25, 0.3) is 0 Å². The van der Waals surface area contributed by atoms with Crippen molar-refractivity contribution in [1.82, 2.24) is 15.1 Å². The summed E-state index contributed by atoms with van der Waals surface area (Å²) < 4.78 is 1.56. The van der Waals surface area contributed by atoms with E-state index in [4.69, 9.17) is 0 Å². The summed E-state index contributed by atoms with van der Waals surface area (Å²) in [6, 6.07) is 11.1. The van der Waals surface area contributed by atoms with Crippen LogP contribution in [0.1, 0.15) is 37.1 Å². The van der Waals surface area contributed by atoms with Gasteiger partial charge in [-0.05, 0) is 30.8 Å². The number of benzene rings is 1. The highest BCUT2D eigenvalue weighted by molar-refractivity contribution is 5.76. The molecule has 1 heterocycles. The van der Waals surface area contributed by atoms with Crippen LogP contribution in [-0.4, -0.2) is 20.6 Å². The molecule has 0 unspecified atom stereocenters. The first-order valence-corrected chi connectivity index (χ1v) is 7.50. The monoisotopic (exact) mass is 316 g/mol. The van der Waals surface area contributed by atoms with Gasteiger partial charge in [0.2, 0.25) is 5.91 Å². The Hall–Kier alpha value is -2.70. The number of nitrogens with zero attached hydrogens (tertiary/aromatic N) is 3. The van der Waals surface area contributed by atoms with Crippen LogP contribution in [0.5, 0.6) is 0 Å². The zero-order valence-corrected chi connectivity index (χ0v) is 13.2. The van der Waals surface area contributed by atoms with Gasteiger partial charge in [-0.15, -0.1) is 0 Å². The zero-order valence-electron chi connectivity index (χ0n) is 13.2. The van der Waals surface area contributed by atoms with Crippen LogP contribution in [0.3, 0.4) is 0 Å². The molecule has 1 aromatic carbocycles. The summed E-state index contributed by atoms with van der Waals surface area (Å²) in [5, 5.41) is 17.5. The number of rotatable bonds is 7. The van der Waals surface area contributed by atoms with E-state index in [0.29, 0.717) is 19.4 Å². The van der Waals surface area contributed by atoms with E-state index >= 15 is 0 Å². The number of hydrogen-bond donors (Lipinski definition) is 1. The fourth-order valence-corrected chi connectivity index (χ4v) is 2.34. The van der Waals surface area contributed by atoms with E-state index in [0.717, 1.165) is 11.3 Å². The summed E-state index contributed by atoms with van der Waals surface area (Å²) in [5.41, 5.74) is 1.77. The number of hydrogen-bond acceptors (Lipinski definition) is 4. The SMILES string of the molecule is Cc1cc([N+](=O)[O-])nn1CCCC(=O)N[C@@H](C)c1ccccc1. The molecule has 1 amide bonds. The van der Waals surface area contributed by atoms with E-state index in [1.54, 1.807) is 11.6 Å². The number of aryl methyl sites for hydroxylation is 2. The summed E-state index contributed by atoms with van der Waals surface area (Å²) >= 11 is 0. The maximum absolute atomic E-state index is 12.0. The first kappa shape index (κ1) is 16.7. The Balaban J connectivity index is 1.80. The molecular weight excluding hydrogens is 296 g/mol. The Bertz CT molecular complexity index is 682. The Kier molecular flexibility index (Phi) is 5.46. The molecule has 0 aliphatic heterocycles. The first-order chi connectivity index (χ1) is 11.0. The third-order valence-electron chi connectivity index (χ3n) is 3.61.